The van der Waals surface area contributed by atoms with Crippen molar-refractivity contribution in [2.24, 2.45) is 0 Å². The molecule has 1 aliphatic heterocycles. The molecule has 1 saturated heterocycles. The third-order valence-corrected chi connectivity index (χ3v) is 3.75. The van der Waals surface area contributed by atoms with E-state index in [1.807, 2.05) is 11.9 Å². The van der Waals surface area contributed by atoms with Gasteiger partial charge in [-0.25, -0.2) is 9.18 Å². The van der Waals surface area contributed by atoms with Crippen molar-refractivity contribution in [3.05, 3.63) is 35.7 Å². The Morgan fingerprint density at radius 1 is 1.43 bits per heavy atom. The number of nitrogens with zero attached hydrogens (tertiary/aromatic N) is 2. The van der Waals surface area contributed by atoms with Crippen LogP contribution in [0.5, 0.6) is 0 Å². The van der Waals surface area contributed by atoms with Crippen LogP contribution < -0.4 is 4.90 Å². The molecule has 0 aromatic heterocycles. The highest BCUT2D eigenvalue weighted by Gasteiger charge is 2.13. The van der Waals surface area contributed by atoms with Crippen LogP contribution in [0.1, 0.15) is 18.4 Å². The molecule has 1 aromatic carbocycles. The number of carboxylic acid groups (broad SMARTS) is 1. The van der Waals surface area contributed by atoms with Crippen molar-refractivity contribution < 1.29 is 14.3 Å². The molecular formula is C16H21FN2O2. The van der Waals surface area contributed by atoms with Crippen molar-refractivity contribution in [2.75, 3.05) is 38.1 Å². The normalized spacial score (nSPS) is 15.7. The van der Waals surface area contributed by atoms with Crippen LogP contribution in [0.15, 0.2) is 24.3 Å². The highest BCUT2D eigenvalue weighted by atomic mass is 19.1. The molecule has 0 amide bonds. The lowest BCUT2D eigenvalue weighted by Gasteiger charge is -2.23. The number of likely N-dealkylation sites (N-methyl/N-ethyl adjacent to an activating group) is 1. The van der Waals surface area contributed by atoms with Gasteiger partial charge in [-0.05, 0) is 49.7 Å². The van der Waals surface area contributed by atoms with Crippen LogP contribution in [0.4, 0.5) is 10.1 Å². The minimum atomic E-state index is -1.04. The maximum absolute atomic E-state index is 14.1. The topological polar surface area (TPSA) is 43.8 Å². The highest BCUT2D eigenvalue weighted by Crippen LogP contribution is 2.20. The summed E-state index contributed by atoms with van der Waals surface area (Å²) in [5, 5.41) is 8.57. The third-order valence-electron chi connectivity index (χ3n) is 3.75. The summed E-state index contributed by atoms with van der Waals surface area (Å²) in [4.78, 5) is 14.7. The van der Waals surface area contributed by atoms with Gasteiger partial charge >= 0.3 is 5.97 Å². The standard InChI is InChI=1S/C16H21FN2O2/c1-18(10-11-19-8-2-3-9-19)15-6-4-13(12-14(15)17)5-7-16(20)21/h4-7,12H,2-3,8-11H2,1H3,(H,20,21). The molecule has 0 bridgehead atoms. The second-order valence-electron chi connectivity index (χ2n) is 5.35. The van der Waals surface area contributed by atoms with Gasteiger partial charge in [0.1, 0.15) is 5.82 Å². The Morgan fingerprint density at radius 2 is 2.14 bits per heavy atom. The molecule has 1 aliphatic rings. The quantitative estimate of drug-likeness (QED) is 0.818. The zero-order valence-electron chi connectivity index (χ0n) is 12.3. The van der Waals surface area contributed by atoms with Crippen molar-refractivity contribution in [2.45, 2.75) is 12.8 Å². The first-order chi connectivity index (χ1) is 10.1. The summed E-state index contributed by atoms with van der Waals surface area (Å²) in [6.07, 6.45) is 4.90. The summed E-state index contributed by atoms with van der Waals surface area (Å²) in [5.41, 5.74) is 1.09. The van der Waals surface area contributed by atoms with Crippen molar-refractivity contribution in [1.29, 1.82) is 0 Å². The van der Waals surface area contributed by atoms with Gasteiger partial charge < -0.3 is 14.9 Å². The van der Waals surface area contributed by atoms with E-state index in [-0.39, 0.29) is 5.82 Å². The maximum atomic E-state index is 14.1. The fraction of sp³-hybridized carbons (Fsp3) is 0.438. The molecule has 0 aliphatic carbocycles. The number of benzene rings is 1. The van der Waals surface area contributed by atoms with Gasteiger partial charge in [0.05, 0.1) is 5.69 Å². The first-order valence-corrected chi connectivity index (χ1v) is 7.20. The van der Waals surface area contributed by atoms with Gasteiger partial charge in [-0.1, -0.05) is 6.07 Å². The minimum absolute atomic E-state index is 0.327. The Bertz CT molecular complexity index is 525. The second-order valence-corrected chi connectivity index (χ2v) is 5.35. The van der Waals surface area contributed by atoms with E-state index >= 15 is 0 Å². The van der Waals surface area contributed by atoms with Gasteiger partial charge in [-0.15, -0.1) is 0 Å². The first kappa shape index (κ1) is 15.5. The number of halogens is 1. The molecule has 1 fully saturated rings. The van der Waals surface area contributed by atoms with E-state index in [0.717, 1.165) is 32.3 Å². The van der Waals surface area contributed by atoms with E-state index in [0.29, 0.717) is 11.3 Å². The molecule has 1 N–H and O–H groups in total. The maximum Gasteiger partial charge on any atom is 0.328 e. The molecule has 0 radical (unpaired) electrons. The number of carboxylic acids is 1. The zero-order chi connectivity index (χ0) is 15.2. The Morgan fingerprint density at radius 3 is 2.76 bits per heavy atom. The first-order valence-electron chi connectivity index (χ1n) is 7.20. The van der Waals surface area contributed by atoms with Crippen LogP contribution in [0.25, 0.3) is 6.08 Å². The van der Waals surface area contributed by atoms with Gasteiger partial charge in [0.2, 0.25) is 0 Å². The summed E-state index contributed by atoms with van der Waals surface area (Å²) < 4.78 is 14.1. The number of rotatable bonds is 6. The Hall–Kier alpha value is -1.88. The smallest absolute Gasteiger partial charge is 0.328 e. The Kier molecular flexibility index (Phi) is 5.33. The molecule has 21 heavy (non-hydrogen) atoms. The largest absolute Gasteiger partial charge is 0.478 e. The molecule has 0 saturated carbocycles. The van der Waals surface area contributed by atoms with Gasteiger partial charge in [-0.3, -0.25) is 0 Å². The number of carbonyl (C=O) groups is 1. The van der Waals surface area contributed by atoms with E-state index in [1.54, 1.807) is 12.1 Å². The van der Waals surface area contributed by atoms with E-state index < -0.39 is 5.97 Å². The lowest BCUT2D eigenvalue weighted by atomic mass is 10.1. The fourth-order valence-corrected chi connectivity index (χ4v) is 2.52. The molecular weight excluding hydrogens is 271 g/mol. The molecule has 1 heterocycles. The van der Waals surface area contributed by atoms with Gasteiger partial charge in [0, 0.05) is 26.2 Å². The summed E-state index contributed by atoms with van der Waals surface area (Å²) >= 11 is 0. The average Bonchev–Trinajstić information content (AvgIpc) is 2.96. The Balaban J connectivity index is 1.96. The monoisotopic (exact) mass is 292 g/mol. The number of anilines is 1. The van der Waals surface area contributed by atoms with Gasteiger partial charge in [0.25, 0.3) is 0 Å². The fourth-order valence-electron chi connectivity index (χ4n) is 2.52. The Labute approximate surface area is 124 Å². The molecule has 1 aromatic rings. The molecule has 114 valence electrons. The van der Waals surface area contributed by atoms with Crippen LogP contribution in [0.3, 0.4) is 0 Å². The number of likely N-dealkylation sites (tertiary alicyclic amines) is 1. The average molecular weight is 292 g/mol. The van der Waals surface area contributed by atoms with Crippen LogP contribution in [-0.2, 0) is 4.79 Å². The van der Waals surface area contributed by atoms with E-state index in [4.69, 9.17) is 5.11 Å². The minimum Gasteiger partial charge on any atom is -0.478 e. The molecule has 2 rings (SSSR count). The number of hydrogen-bond donors (Lipinski definition) is 1. The van der Waals surface area contributed by atoms with Crippen LogP contribution in [-0.4, -0.2) is 49.2 Å². The third kappa shape index (κ3) is 4.56. The van der Waals surface area contributed by atoms with E-state index in [2.05, 4.69) is 4.90 Å². The molecule has 0 unspecified atom stereocenters. The van der Waals surface area contributed by atoms with E-state index in [1.165, 1.54) is 25.0 Å². The summed E-state index contributed by atoms with van der Waals surface area (Å²) in [6.45, 7) is 3.99. The van der Waals surface area contributed by atoms with E-state index in [9.17, 15) is 9.18 Å². The predicted molar refractivity (Wildman–Crippen MR) is 82.0 cm³/mol. The molecule has 0 atom stereocenters. The van der Waals surface area contributed by atoms with Gasteiger partial charge in [-0.2, -0.15) is 0 Å². The van der Waals surface area contributed by atoms with Crippen molar-refractivity contribution in [1.82, 2.24) is 4.90 Å². The lowest BCUT2D eigenvalue weighted by Crippen LogP contribution is -2.31. The summed E-state index contributed by atoms with van der Waals surface area (Å²) in [5.74, 6) is -1.37. The highest BCUT2D eigenvalue weighted by molar-refractivity contribution is 5.85. The van der Waals surface area contributed by atoms with Gasteiger partial charge in [0.15, 0.2) is 0 Å². The molecule has 5 heteroatoms. The number of hydrogen-bond acceptors (Lipinski definition) is 3. The summed E-state index contributed by atoms with van der Waals surface area (Å²) in [6, 6.07) is 4.78. The zero-order valence-corrected chi connectivity index (χ0v) is 12.3. The molecule has 0 spiro atoms. The van der Waals surface area contributed by atoms with Crippen molar-refractivity contribution in [3.63, 3.8) is 0 Å². The lowest BCUT2D eigenvalue weighted by molar-refractivity contribution is -0.131. The van der Waals surface area contributed by atoms with Crippen LogP contribution in [0, 0.1) is 5.82 Å². The second kappa shape index (κ2) is 7.22. The number of aliphatic carboxylic acids is 1. The summed E-state index contributed by atoms with van der Waals surface area (Å²) in [7, 11) is 1.88. The predicted octanol–water partition coefficient (Wildman–Crippen LogP) is 2.46. The van der Waals surface area contributed by atoms with Crippen molar-refractivity contribution >= 4 is 17.7 Å². The van der Waals surface area contributed by atoms with Crippen LogP contribution in [0.2, 0.25) is 0 Å². The van der Waals surface area contributed by atoms with Crippen LogP contribution >= 0.6 is 0 Å². The molecule has 4 nitrogen and oxygen atoms in total. The SMILES string of the molecule is CN(CCN1CCCC1)c1ccc(C=CC(=O)O)cc1F. The van der Waals surface area contributed by atoms with Crippen molar-refractivity contribution in [3.8, 4) is 0 Å².